The number of carbonyl (C=O) groups is 2. The summed E-state index contributed by atoms with van der Waals surface area (Å²) >= 11 is 0. The van der Waals surface area contributed by atoms with Gasteiger partial charge in [-0.3, -0.25) is 4.79 Å². The lowest BCUT2D eigenvalue weighted by Gasteiger charge is -2.15. The van der Waals surface area contributed by atoms with E-state index in [1.165, 1.54) is 46.1 Å². The summed E-state index contributed by atoms with van der Waals surface area (Å²) in [5.74, 6) is 0.370. The molecule has 0 aromatic carbocycles. The highest BCUT2D eigenvalue weighted by molar-refractivity contribution is 5.83. The fraction of sp³-hybridized carbons (Fsp3) is 0.857. The standard InChI is InChI=1S/C14H25NO3/c1-11(16)15-13(14(17)18-2)10-6-5-9-12-7-3-4-8-12/h12-13H,3-10H2,1-2H3,(H,15,16)/t13-/m0/s1. The Morgan fingerprint density at radius 3 is 2.50 bits per heavy atom. The largest absolute Gasteiger partial charge is 0.467 e. The minimum Gasteiger partial charge on any atom is -0.467 e. The van der Waals surface area contributed by atoms with Crippen LogP contribution in [-0.2, 0) is 14.3 Å². The van der Waals surface area contributed by atoms with E-state index in [-0.39, 0.29) is 11.9 Å². The average molecular weight is 255 g/mol. The number of nitrogens with one attached hydrogen (secondary N) is 1. The van der Waals surface area contributed by atoms with E-state index in [4.69, 9.17) is 4.74 Å². The minimum atomic E-state index is -0.476. The predicted molar refractivity (Wildman–Crippen MR) is 70.0 cm³/mol. The van der Waals surface area contributed by atoms with Crippen molar-refractivity contribution in [3.05, 3.63) is 0 Å². The van der Waals surface area contributed by atoms with Crippen molar-refractivity contribution < 1.29 is 14.3 Å². The molecule has 0 bridgehead atoms. The first-order valence-electron chi connectivity index (χ1n) is 6.98. The fourth-order valence-corrected chi connectivity index (χ4v) is 2.72. The normalized spacial score (nSPS) is 17.4. The van der Waals surface area contributed by atoms with Crippen LogP contribution in [0.15, 0.2) is 0 Å². The summed E-state index contributed by atoms with van der Waals surface area (Å²) in [7, 11) is 1.36. The van der Waals surface area contributed by atoms with Crippen molar-refractivity contribution in [2.45, 2.75) is 64.3 Å². The van der Waals surface area contributed by atoms with Crippen molar-refractivity contribution >= 4 is 11.9 Å². The molecule has 0 aromatic rings. The van der Waals surface area contributed by atoms with Crippen LogP contribution in [0.3, 0.4) is 0 Å². The molecule has 0 heterocycles. The molecule has 18 heavy (non-hydrogen) atoms. The predicted octanol–water partition coefficient (Wildman–Crippen LogP) is 2.41. The summed E-state index contributed by atoms with van der Waals surface area (Å²) in [6.45, 7) is 1.43. The fourth-order valence-electron chi connectivity index (χ4n) is 2.72. The Morgan fingerprint density at radius 1 is 1.28 bits per heavy atom. The first-order valence-corrected chi connectivity index (χ1v) is 6.98. The Bertz CT molecular complexity index is 272. The molecule has 0 aromatic heterocycles. The molecule has 1 N–H and O–H groups in total. The summed E-state index contributed by atoms with van der Waals surface area (Å²) < 4.78 is 4.69. The summed E-state index contributed by atoms with van der Waals surface area (Å²) in [6, 6.07) is -0.476. The monoisotopic (exact) mass is 255 g/mol. The second-order valence-corrected chi connectivity index (χ2v) is 5.21. The minimum absolute atomic E-state index is 0.179. The molecule has 1 amide bonds. The average Bonchev–Trinajstić information content (AvgIpc) is 2.84. The molecule has 1 saturated carbocycles. The smallest absolute Gasteiger partial charge is 0.328 e. The number of esters is 1. The van der Waals surface area contributed by atoms with Crippen LogP contribution in [0.1, 0.15) is 58.3 Å². The van der Waals surface area contributed by atoms with Gasteiger partial charge in [0.15, 0.2) is 0 Å². The SMILES string of the molecule is COC(=O)[C@H](CCCCC1CCCC1)NC(C)=O. The van der Waals surface area contributed by atoms with Crippen molar-refractivity contribution in [1.29, 1.82) is 0 Å². The third kappa shape index (κ3) is 5.52. The zero-order chi connectivity index (χ0) is 13.4. The molecule has 0 aliphatic heterocycles. The van der Waals surface area contributed by atoms with E-state index in [0.29, 0.717) is 6.42 Å². The van der Waals surface area contributed by atoms with Gasteiger partial charge in [0.1, 0.15) is 6.04 Å². The highest BCUT2D eigenvalue weighted by Crippen LogP contribution is 2.29. The number of rotatable bonds is 7. The molecule has 0 saturated heterocycles. The van der Waals surface area contributed by atoms with E-state index < -0.39 is 6.04 Å². The van der Waals surface area contributed by atoms with Crippen LogP contribution in [0.2, 0.25) is 0 Å². The Balaban J connectivity index is 2.19. The van der Waals surface area contributed by atoms with Gasteiger partial charge in [-0.05, 0) is 12.3 Å². The lowest BCUT2D eigenvalue weighted by atomic mass is 9.98. The van der Waals surface area contributed by atoms with Gasteiger partial charge in [0.25, 0.3) is 0 Å². The van der Waals surface area contributed by atoms with Crippen LogP contribution in [0.5, 0.6) is 0 Å². The molecule has 0 spiro atoms. The van der Waals surface area contributed by atoms with Crippen molar-refractivity contribution in [3.8, 4) is 0 Å². The van der Waals surface area contributed by atoms with Gasteiger partial charge in [0.05, 0.1) is 7.11 Å². The molecule has 1 atom stereocenters. The molecule has 0 radical (unpaired) electrons. The topological polar surface area (TPSA) is 55.4 Å². The van der Waals surface area contributed by atoms with Crippen LogP contribution < -0.4 is 5.32 Å². The summed E-state index contributed by atoms with van der Waals surface area (Å²) in [6.07, 6.45) is 9.53. The van der Waals surface area contributed by atoms with Gasteiger partial charge in [-0.15, -0.1) is 0 Å². The van der Waals surface area contributed by atoms with Gasteiger partial charge >= 0.3 is 5.97 Å². The number of ether oxygens (including phenoxy) is 1. The van der Waals surface area contributed by atoms with Crippen LogP contribution in [0, 0.1) is 5.92 Å². The number of hydrogen-bond acceptors (Lipinski definition) is 3. The first-order chi connectivity index (χ1) is 8.63. The van der Waals surface area contributed by atoms with E-state index >= 15 is 0 Å². The van der Waals surface area contributed by atoms with Gasteiger partial charge in [-0.1, -0.05) is 44.9 Å². The highest BCUT2D eigenvalue weighted by atomic mass is 16.5. The Labute approximate surface area is 109 Å². The summed E-state index contributed by atoms with van der Waals surface area (Å²) in [5, 5.41) is 2.65. The Morgan fingerprint density at radius 2 is 1.94 bits per heavy atom. The maximum absolute atomic E-state index is 11.5. The van der Waals surface area contributed by atoms with Gasteiger partial charge < -0.3 is 10.1 Å². The van der Waals surface area contributed by atoms with Crippen molar-refractivity contribution in [2.75, 3.05) is 7.11 Å². The molecular formula is C14H25NO3. The maximum atomic E-state index is 11.5. The van der Waals surface area contributed by atoms with E-state index in [0.717, 1.165) is 18.8 Å². The van der Waals surface area contributed by atoms with Crippen LogP contribution in [-0.4, -0.2) is 25.0 Å². The molecule has 1 aliphatic rings. The summed E-state index contributed by atoms with van der Waals surface area (Å²) in [4.78, 5) is 22.5. The van der Waals surface area contributed by atoms with Crippen LogP contribution in [0.25, 0.3) is 0 Å². The molecule has 1 aliphatic carbocycles. The van der Waals surface area contributed by atoms with Crippen molar-refractivity contribution in [1.82, 2.24) is 5.32 Å². The van der Waals surface area contributed by atoms with Gasteiger partial charge in [-0.25, -0.2) is 4.79 Å². The molecule has 4 nitrogen and oxygen atoms in total. The van der Waals surface area contributed by atoms with Crippen molar-refractivity contribution in [2.24, 2.45) is 5.92 Å². The first kappa shape index (κ1) is 15.0. The molecule has 1 rings (SSSR count). The molecular weight excluding hydrogens is 230 g/mol. The lowest BCUT2D eigenvalue weighted by molar-refractivity contribution is -0.145. The van der Waals surface area contributed by atoms with E-state index in [1.807, 2.05) is 0 Å². The molecule has 4 heteroatoms. The highest BCUT2D eigenvalue weighted by Gasteiger charge is 2.20. The van der Waals surface area contributed by atoms with E-state index in [1.54, 1.807) is 0 Å². The zero-order valence-electron chi connectivity index (χ0n) is 11.5. The second kappa shape index (κ2) is 8.11. The van der Waals surface area contributed by atoms with Crippen LogP contribution in [0.4, 0.5) is 0 Å². The van der Waals surface area contributed by atoms with Crippen molar-refractivity contribution in [3.63, 3.8) is 0 Å². The van der Waals surface area contributed by atoms with Gasteiger partial charge in [0, 0.05) is 6.92 Å². The molecule has 1 fully saturated rings. The maximum Gasteiger partial charge on any atom is 0.328 e. The van der Waals surface area contributed by atoms with E-state index in [2.05, 4.69) is 5.32 Å². The number of hydrogen-bond donors (Lipinski definition) is 1. The van der Waals surface area contributed by atoms with E-state index in [9.17, 15) is 9.59 Å². The van der Waals surface area contributed by atoms with Gasteiger partial charge in [0.2, 0.25) is 5.91 Å². The van der Waals surface area contributed by atoms with Gasteiger partial charge in [-0.2, -0.15) is 0 Å². The third-order valence-corrected chi connectivity index (χ3v) is 3.69. The van der Waals surface area contributed by atoms with Crippen LogP contribution >= 0.6 is 0 Å². The third-order valence-electron chi connectivity index (χ3n) is 3.69. The zero-order valence-corrected chi connectivity index (χ0v) is 11.5. The molecule has 104 valence electrons. The number of carbonyl (C=O) groups excluding carboxylic acids is 2. The molecule has 0 unspecified atom stereocenters. The summed E-state index contributed by atoms with van der Waals surface area (Å²) in [5.41, 5.74) is 0. The Kier molecular flexibility index (Phi) is 6.76. The number of unbranched alkanes of at least 4 members (excludes halogenated alkanes) is 1. The Hall–Kier alpha value is -1.06. The number of methoxy groups -OCH3 is 1. The second-order valence-electron chi connectivity index (χ2n) is 5.21. The quantitative estimate of drug-likeness (QED) is 0.561. The number of amides is 1. The lowest BCUT2D eigenvalue weighted by Crippen LogP contribution is -2.40.